The van der Waals surface area contributed by atoms with Gasteiger partial charge < -0.3 is 10.4 Å². The molecular weight excluding hydrogens is 249 g/mol. The Labute approximate surface area is 111 Å². The van der Waals surface area contributed by atoms with Gasteiger partial charge in [-0.3, -0.25) is 4.79 Å². The standard InChI is InChI=1S/C14H18FNO3/c1-8(2)6-12(17)16-13(14(18)19)10-4-5-11(15)9(3)7-10/h4-5,7-8,13H,6H2,1-3H3,(H,16,17)(H,18,19). The fourth-order valence-electron chi connectivity index (χ4n) is 1.73. The van der Waals surface area contributed by atoms with E-state index in [-0.39, 0.29) is 18.2 Å². The zero-order valence-electron chi connectivity index (χ0n) is 11.2. The molecule has 0 aliphatic carbocycles. The molecule has 0 radical (unpaired) electrons. The van der Waals surface area contributed by atoms with E-state index in [2.05, 4.69) is 5.32 Å². The molecule has 0 aliphatic rings. The van der Waals surface area contributed by atoms with Gasteiger partial charge in [-0.25, -0.2) is 9.18 Å². The molecule has 0 aromatic heterocycles. The molecule has 104 valence electrons. The van der Waals surface area contributed by atoms with Crippen LogP contribution in [0.25, 0.3) is 0 Å². The maximum absolute atomic E-state index is 13.2. The molecule has 0 aliphatic heterocycles. The van der Waals surface area contributed by atoms with E-state index in [9.17, 15) is 14.0 Å². The first-order chi connectivity index (χ1) is 8.81. The Morgan fingerprint density at radius 2 is 2.00 bits per heavy atom. The van der Waals surface area contributed by atoms with Crippen LogP contribution >= 0.6 is 0 Å². The number of amides is 1. The van der Waals surface area contributed by atoms with Gasteiger partial charge in [0, 0.05) is 6.42 Å². The Morgan fingerprint density at radius 1 is 1.37 bits per heavy atom. The Hall–Kier alpha value is -1.91. The van der Waals surface area contributed by atoms with Gasteiger partial charge in [-0.2, -0.15) is 0 Å². The minimum Gasteiger partial charge on any atom is -0.479 e. The van der Waals surface area contributed by atoms with Crippen LogP contribution < -0.4 is 5.32 Å². The summed E-state index contributed by atoms with van der Waals surface area (Å²) in [6, 6.07) is 2.86. The molecule has 1 unspecified atom stereocenters. The van der Waals surface area contributed by atoms with Crippen molar-refractivity contribution in [2.24, 2.45) is 5.92 Å². The third-order valence-corrected chi connectivity index (χ3v) is 2.66. The highest BCUT2D eigenvalue weighted by Crippen LogP contribution is 2.17. The van der Waals surface area contributed by atoms with E-state index in [0.717, 1.165) is 0 Å². The molecule has 19 heavy (non-hydrogen) atoms. The van der Waals surface area contributed by atoms with Gasteiger partial charge in [0.15, 0.2) is 6.04 Å². The second kappa shape index (κ2) is 6.31. The van der Waals surface area contributed by atoms with Crippen LogP contribution in [0.4, 0.5) is 4.39 Å². The molecule has 5 heteroatoms. The fraction of sp³-hybridized carbons (Fsp3) is 0.429. The Kier molecular flexibility index (Phi) is 5.03. The van der Waals surface area contributed by atoms with Gasteiger partial charge in [-0.15, -0.1) is 0 Å². The minimum atomic E-state index is -1.16. The first kappa shape index (κ1) is 15.1. The molecule has 0 bridgehead atoms. The monoisotopic (exact) mass is 267 g/mol. The predicted molar refractivity (Wildman–Crippen MR) is 69.1 cm³/mol. The summed E-state index contributed by atoms with van der Waals surface area (Å²) in [5.74, 6) is -1.75. The molecule has 1 aromatic carbocycles. The van der Waals surface area contributed by atoms with Crippen LogP contribution in [-0.4, -0.2) is 17.0 Å². The number of carbonyl (C=O) groups is 2. The van der Waals surface area contributed by atoms with Crippen molar-refractivity contribution in [2.45, 2.75) is 33.2 Å². The Bertz CT molecular complexity index is 486. The maximum Gasteiger partial charge on any atom is 0.330 e. The first-order valence-electron chi connectivity index (χ1n) is 6.09. The van der Waals surface area contributed by atoms with Gasteiger partial charge in [0.1, 0.15) is 5.82 Å². The molecule has 0 saturated heterocycles. The topological polar surface area (TPSA) is 66.4 Å². The SMILES string of the molecule is Cc1cc(C(NC(=O)CC(C)C)C(=O)O)ccc1F. The molecule has 1 rings (SSSR count). The largest absolute Gasteiger partial charge is 0.479 e. The number of hydrogen-bond donors (Lipinski definition) is 2. The molecule has 0 spiro atoms. The van der Waals surface area contributed by atoms with E-state index >= 15 is 0 Å². The number of halogens is 1. The normalized spacial score (nSPS) is 12.3. The lowest BCUT2D eigenvalue weighted by Crippen LogP contribution is -2.34. The van der Waals surface area contributed by atoms with Crippen molar-refractivity contribution in [3.63, 3.8) is 0 Å². The summed E-state index contributed by atoms with van der Waals surface area (Å²) in [6.45, 7) is 5.29. The van der Waals surface area contributed by atoms with Crippen LogP contribution in [0.5, 0.6) is 0 Å². The first-order valence-corrected chi connectivity index (χ1v) is 6.09. The van der Waals surface area contributed by atoms with Crippen LogP contribution in [0, 0.1) is 18.7 Å². The summed E-state index contributed by atoms with van der Waals surface area (Å²) >= 11 is 0. The van der Waals surface area contributed by atoms with Crippen LogP contribution in [0.15, 0.2) is 18.2 Å². The van der Waals surface area contributed by atoms with Gasteiger partial charge >= 0.3 is 5.97 Å². The van der Waals surface area contributed by atoms with E-state index in [1.165, 1.54) is 18.2 Å². The Morgan fingerprint density at radius 3 is 2.47 bits per heavy atom. The van der Waals surface area contributed by atoms with Crippen LogP contribution in [0.3, 0.4) is 0 Å². The molecular formula is C14H18FNO3. The van der Waals surface area contributed by atoms with E-state index in [4.69, 9.17) is 5.11 Å². The smallest absolute Gasteiger partial charge is 0.330 e. The lowest BCUT2D eigenvalue weighted by atomic mass is 10.0. The fourth-order valence-corrected chi connectivity index (χ4v) is 1.73. The summed E-state index contributed by atoms with van der Waals surface area (Å²) < 4.78 is 13.2. The minimum absolute atomic E-state index is 0.143. The highest BCUT2D eigenvalue weighted by atomic mass is 19.1. The summed E-state index contributed by atoms with van der Waals surface area (Å²) in [5.41, 5.74) is 0.713. The Balaban J connectivity index is 2.91. The highest BCUT2D eigenvalue weighted by molar-refractivity contribution is 5.84. The van der Waals surface area contributed by atoms with Gasteiger partial charge in [0.2, 0.25) is 5.91 Å². The number of hydrogen-bond acceptors (Lipinski definition) is 2. The van der Waals surface area contributed by atoms with Crippen LogP contribution in [-0.2, 0) is 9.59 Å². The zero-order chi connectivity index (χ0) is 14.6. The third-order valence-electron chi connectivity index (χ3n) is 2.66. The average Bonchev–Trinajstić information content (AvgIpc) is 2.28. The number of aryl methyl sites for hydroxylation is 1. The van der Waals surface area contributed by atoms with Gasteiger partial charge in [-0.05, 0) is 30.0 Å². The summed E-state index contributed by atoms with van der Waals surface area (Å²) in [6.07, 6.45) is 0.254. The summed E-state index contributed by atoms with van der Waals surface area (Å²) in [5, 5.41) is 11.6. The molecule has 0 saturated carbocycles. The summed E-state index contributed by atoms with van der Waals surface area (Å²) in [7, 11) is 0. The number of aliphatic carboxylic acids is 1. The number of nitrogens with one attached hydrogen (secondary N) is 1. The van der Waals surface area contributed by atoms with E-state index in [0.29, 0.717) is 11.1 Å². The molecule has 2 N–H and O–H groups in total. The average molecular weight is 267 g/mol. The van der Waals surface area contributed by atoms with Gasteiger partial charge in [-0.1, -0.05) is 26.0 Å². The molecule has 4 nitrogen and oxygen atoms in total. The maximum atomic E-state index is 13.2. The highest BCUT2D eigenvalue weighted by Gasteiger charge is 2.22. The number of carbonyl (C=O) groups excluding carboxylic acids is 1. The van der Waals surface area contributed by atoms with Crippen molar-refractivity contribution in [3.05, 3.63) is 35.1 Å². The van der Waals surface area contributed by atoms with Crippen molar-refractivity contribution >= 4 is 11.9 Å². The lowest BCUT2D eigenvalue weighted by Gasteiger charge is -2.16. The van der Waals surface area contributed by atoms with Crippen LogP contribution in [0.2, 0.25) is 0 Å². The quantitative estimate of drug-likeness (QED) is 0.861. The summed E-state index contributed by atoms with van der Waals surface area (Å²) in [4.78, 5) is 22.9. The molecule has 0 heterocycles. The second-order valence-electron chi connectivity index (χ2n) is 4.95. The zero-order valence-corrected chi connectivity index (χ0v) is 11.2. The van der Waals surface area contributed by atoms with Gasteiger partial charge in [0.05, 0.1) is 0 Å². The van der Waals surface area contributed by atoms with Crippen molar-refractivity contribution in [3.8, 4) is 0 Å². The van der Waals surface area contributed by atoms with E-state index in [1.807, 2.05) is 13.8 Å². The third kappa shape index (κ3) is 4.35. The molecule has 1 atom stereocenters. The molecule has 0 fully saturated rings. The van der Waals surface area contributed by atoms with Gasteiger partial charge in [0.25, 0.3) is 0 Å². The molecule has 1 amide bonds. The van der Waals surface area contributed by atoms with Crippen molar-refractivity contribution in [1.82, 2.24) is 5.32 Å². The van der Waals surface area contributed by atoms with Crippen molar-refractivity contribution < 1.29 is 19.1 Å². The molecule has 1 aromatic rings. The second-order valence-corrected chi connectivity index (χ2v) is 4.95. The predicted octanol–water partition coefficient (Wildman–Crippen LogP) is 2.42. The number of benzene rings is 1. The van der Waals surface area contributed by atoms with Crippen molar-refractivity contribution in [1.29, 1.82) is 0 Å². The number of rotatable bonds is 5. The number of carboxylic acid groups (broad SMARTS) is 1. The van der Waals surface area contributed by atoms with Crippen molar-refractivity contribution in [2.75, 3.05) is 0 Å². The van der Waals surface area contributed by atoms with Crippen LogP contribution in [0.1, 0.15) is 37.4 Å². The van der Waals surface area contributed by atoms with E-state index < -0.39 is 17.8 Å². The lowest BCUT2D eigenvalue weighted by molar-refractivity contribution is -0.142. The number of carboxylic acids is 1. The van der Waals surface area contributed by atoms with E-state index in [1.54, 1.807) is 6.92 Å².